The Kier molecular flexibility index (Phi) is 2.37. The molecule has 1 heterocycles. The lowest BCUT2D eigenvalue weighted by atomic mass is 9.78. The lowest BCUT2D eigenvalue weighted by molar-refractivity contribution is 0.0285. The zero-order chi connectivity index (χ0) is 8.44. The lowest BCUT2D eigenvalue weighted by Crippen LogP contribution is -2.51. The molecule has 2 fully saturated rings. The maximum Gasteiger partial charge on any atom is 0.0755 e. The summed E-state index contributed by atoms with van der Waals surface area (Å²) in [6, 6.07) is 0. The van der Waals surface area contributed by atoms with Crippen molar-refractivity contribution < 1.29 is 4.74 Å². The van der Waals surface area contributed by atoms with Gasteiger partial charge in [0.15, 0.2) is 0 Å². The number of ether oxygens (including phenoxy) is 1. The molecule has 1 saturated carbocycles. The normalized spacial score (nSPS) is 35.2. The van der Waals surface area contributed by atoms with E-state index in [4.69, 9.17) is 10.5 Å². The van der Waals surface area contributed by atoms with Crippen molar-refractivity contribution in [3.63, 3.8) is 0 Å². The summed E-state index contributed by atoms with van der Waals surface area (Å²) in [6.45, 7) is 0.934. The minimum atomic E-state index is 0.0365. The highest BCUT2D eigenvalue weighted by molar-refractivity contribution is 4.96. The standard InChI is InChI=1S/C10H19NO/c11-10(6-2-1-3-7-10)9-5-4-8-12-9/h9H,1-8,11H2. The molecule has 0 radical (unpaired) electrons. The van der Waals surface area contributed by atoms with Crippen molar-refractivity contribution in [2.75, 3.05) is 6.61 Å². The van der Waals surface area contributed by atoms with Crippen LogP contribution in [0.1, 0.15) is 44.9 Å². The molecule has 0 aromatic rings. The molecule has 2 nitrogen and oxygen atoms in total. The van der Waals surface area contributed by atoms with Crippen LogP contribution in [0.5, 0.6) is 0 Å². The summed E-state index contributed by atoms with van der Waals surface area (Å²) >= 11 is 0. The summed E-state index contributed by atoms with van der Waals surface area (Å²) in [5.74, 6) is 0. The SMILES string of the molecule is NC1(C2CCCO2)CCCCC1. The van der Waals surface area contributed by atoms with Crippen molar-refractivity contribution in [1.82, 2.24) is 0 Å². The second kappa shape index (κ2) is 3.35. The fraction of sp³-hybridized carbons (Fsp3) is 1.00. The highest BCUT2D eigenvalue weighted by Gasteiger charge is 2.38. The van der Waals surface area contributed by atoms with Crippen molar-refractivity contribution in [2.45, 2.75) is 56.6 Å². The number of nitrogens with two attached hydrogens (primary N) is 1. The number of hydrogen-bond donors (Lipinski definition) is 1. The van der Waals surface area contributed by atoms with Crippen LogP contribution in [0.4, 0.5) is 0 Å². The largest absolute Gasteiger partial charge is 0.376 e. The first-order chi connectivity index (χ1) is 5.81. The van der Waals surface area contributed by atoms with Crippen LogP contribution in [0, 0.1) is 0 Å². The van der Waals surface area contributed by atoms with E-state index in [1.165, 1.54) is 44.9 Å². The van der Waals surface area contributed by atoms with E-state index in [2.05, 4.69) is 0 Å². The van der Waals surface area contributed by atoms with E-state index in [1.54, 1.807) is 0 Å². The molecule has 1 aliphatic heterocycles. The van der Waals surface area contributed by atoms with Crippen LogP contribution in [0.25, 0.3) is 0 Å². The Bertz CT molecular complexity index is 146. The van der Waals surface area contributed by atoms with Crippen molar-refractivity contribution in [2.24, 2.45) is 5.73 Å². The Morgan fingerprint density at radius 3 is 2.42 bits per heavy atom. The van der Waals surface area contributed by atoms with Crippen molar-refractivity contribution in [3.05, 3.63) is 0 Å². The Labute approximate surface area is 74.5 Å². The van der Waals surface area contributed by atoms with Crippen LogP contribution in [-0.2, 0) is 4.74 Å². The monoisotopic (exact) mass is 169 g/mol. The van der Waals surface area contributed by atoms with Crippen LogP contribution < -0.4 is 5.73 Å². The minimum Gasteiger partial charge on any atom is -0.376 e. The fourth-order valence-electron chi connectivity index (χ4n) is 2.56. The van der Waals surface area contributed by atoms with Gasteiger partial charge in [-0.25, -0.2) is 0 Å². The first kappa shape index (κ1) is 8.52. The third kappa shape index (κ3) is 1.50. The van der Waals surface area contributed by atoms with Gasteiger partial charge >= 0.3 is 0 Å². The molecule has 0 bridgehead atoms. The molecule has 70 valence electrons. The molecule has 2 N–H and O–H groups in total. The van der Waals surface area contributed by atoms with Gasteiger partial charge in [-0.3, -0.25) is 0 Å². The molecule has 2 heteroatoms. The molecule has 1 atom stereocenters. The van der Waals surface area contributed by atoms with Gasteiger partial charge in [-0.15, -0.1) is 0 Å². The highest BCUT2D eigenvalue weighted by atomic mass is 16.5. The summed E-state index contributed by atoms with van der Waals surface area (Å²) in [5, 5.41) is 0. The Morgan fingerprint density at radius 1 is 1.08 bits per heavy atom. The number of rotatable bonds is 1. The smallest absolute Gasteiger partial charge is 0.0755 e. The van der Waals surface area contributed by atoms with Crippen LogP contribution in [-0.4, -0.2) is 18.2 Å². The molecule has 0 aromatic heterocycles. The van der Waals surface area contributed by atoms with E-state index in [-0.39, 0.29) is 5.54 Å². The fourth-order valence-corrected chi connectivity index (χ4v) is 2.56. The van der Waals surface area contributed by atoms with Crippen molar-refractivity contribution >= 4 is 0 Å². The molecule has 0 aromatic carbocycles. The highest BCUT2D eigenvalue weighted by Crippen LogP contribution is 2.34. The molecular formula is C10H19NO. The average molecular weight is 169 g/mol. The van der Waals surface area contributed by atoms with Gasteiger partial charge in [0, 0.05) is 12.1 Å². The van der Waals surface area contributed by atoms with Gasteiger partial charge in [0.2, 0.25) is 0 Å². The van der Waals surface area contributed by atoms with E-state index in [1.807, 2.05) is 0 Å². The van der Waals surface area contributed by atoms with Crippen LogP contribution in [0.2, 0.25) is 0 Å². The molecule has 0 amide bonds. The lowest BCUT2D eigenvalue weighted by Gasteiger charge is -2.37. The molecule has 2 aliphatic rings. The van der Waals surface area contributed by atoms with E-state index in [0.717, 1.165) is 6.61 Å². The maximum absolute atomic E-state index is 6.34. The molecule has 0 spiro atoms. The van der Waals surface area contributed by atoms with Crippen molar-refractivity contribution in [3.8, 4) is 0 Å². The van der Waals surface area contributed by atoms with Gasteiger partial charge in [-0.2, -0.15) is 0 Å². The third-order valence-corrected chi connectivity index (χ3v) is 3.36. The van der Waals surface area contributed by atoms with Crippen LogP contribution in [0.3, 0.4) is 0 Å². The van der Waals surface area contributed by atoms with Gasteiger partial charge in [0.1, 0.15) is 0 Å². The molecule has 1 unspecified atom stereocenters. The Hall–Kier alpha value is -0.0800. The van der Waals surface area contributed by atoms with Crippen molar-refractivity contribution in [1.29, 1.82) is 0 Å². The molecular weight excluding hydrogens is 150 g/mol. The zero-order valence-corrected chi connectivity index (χ0v) is 7.72. The predicted octanol–water partition coefficient (Wildman–Crippen LogP) is 1.83. The number of hydrogen-bond acceptors (Lipinski definition) is 2. The average Bonchev–Trinajstić information content (AvgIpc) is 2.58. The maximum atomic E-state index is 6.34. The zero-order valence-electron chi connectivity index (χ0n) is 7.72. The van der Waals surface area contributed by atoms with Gasteiger partial charge in [-0.1, -0.05) is 19.3 Å². The van der Waals surface area contributed by atoms with Gasteiger partial charge in [0.25, 0.3) is 0 Å². The summed E-state index contributed by atoms with van der Waals surface area (Å²) in [7, 11) is 0. The first-order valence-corrected chi connectivity index (χ1v) is 5.22. The summed E-state index contributed by atoms with van der Waals surface area (Å²) in [6.07, 6.45) is 9.10. The van der Waals surface area contributed by atoms with Crippen LogP contribution in [0.15, 0.2) is 0 Å². The van der Waals surface area contributed by atoms with Gasteiger partial charge < -0.3 is 10.5 Å². The second-order valence-corrected chi connectivity index (χ2v) is 4.30. The Balaban J connectivity index is 1.97. The topological polar surface area (TPSA) is 35.2 Å². The predicted molar refractivity (Wildman–Crippen MR) is 49.0 cm³/mol. The molecule has 2 rings (SSSR count). The molecule has 12 heavy (non-hydrogen) atoms. The van der Waals surface area contributed by atoms with E-state index in [9.17, 15) is 0 Å². The van der Waals surface area contributed by atoms with E-state index >= 15 is 0 Å². The minimum absolute atomic E-state index is 0.0365. The molecule has 1 aliphatic carbocycles. The Morgan fingerprint density at radius 2 is 1.83 bits per heavy atom. The first-order valence-electron chi connectivity index (χ1n) is 5.22. The van der Waals surface area contributed by atoms with E-state index in [0.29, 0.717) is 6.10 Å². The van der Waals surface area contributed by atoms with E-state index < -0.39 is 0 Å². The summed E-state index contributed by atoms with van der Waals surface area (Å²) in [5.41, 5.74) is 6.38. The van der Waals surface area contributed by atoms with Crippen LogP contribution >= 0.6 is 0 Å². The second-order valence-electron chi connectivity index (χ2n) is 4.30. The van der Waals surface area contributed by atoms with Gasteiger partial charge in [0.05, 0.1) is 6.10 Å². The summed E-state index contributed by atoms with van der Waals surface area (Å²) in [4.78, 5) is 0. The molecule has 1 saturated heterocycles. The third-order valence-electron chi connectivity index (χ3n) is 3.36. The van der Waals surface area contributed by atoms with Gasteiger partial charge in [-0.05, 0) is 25.7 Å². The quantitative estimate of drug-likeness (QED) is 0.650. The summed E-state index contributed by atoms with van der Waals surface area (Å²) < 4.78 is 5.67.